The number of aromatic nitrogens is 2. The van der Waals surface area contributed by atoms with Crippen molar-refractivity contribution in [2.24, 2.45) is 0 Å². The highest BCUT2D eigenvalue weighted by atomic mass is 19.4. The Labute approximate surface area is 194 Å². The lowest BCUT2D eigenvalue weighted by molar-refractivity contribution is -0.138. The number of hydrogen-bond donors (Lipinski definition) is 2. The van der Waals surface area contributed by atoms with Crippen LogP contribution in [0.5, 0.6) is 5.75 Å². The SMILES string of the molecule is COC(=O)Nc1ccc(-n2cc(OC(=O)O)c(=O)n(Cc3cccc(C(F)(F)F)c3C)c2=O)cc1. The van der Waals surface area contributed by atoms with E-state index in [1.807, 2.05) is 0 Å². The molecule has 1 amide bonds. The van der Waals surface area contributed by atoms with Gasteiger partial charge in [-0.1, -0.05) is 12.1 Å². The minimum atomic E-state index is -4.65. The van der Waals surface area contributed by atoms with Crippen LogP contribution >= 0.6 is 0 Å². The topological polar surface area (TPSA) is 129 Å². The molecule has 0 spiro atoms. The van der Waals surface area contributed by atoms with Crippen LogP contribution in [-0.4, -0.2) is 33.6 Å². The largest absolute Gasteiger partial charge is 0.511 e. The fraction of sp³-hybridized carbons (Fsp3) is 0.182. The van der Waals surface area contributed by atoms with Gasteiger partial charge < -0.3 is 14.6 Å². The maximum Gasteiger partial charge on any atom is 0.511 e. The number of alkyl halides is 3. The molecule has 1 heterocycles. The summed E-state index contributed by atoms with van der Waals surface area (Å²) in [7, 11) is 1.17. The molecule has 10 nitrogen and oxygen atoms in total. The van der Waals surface area contributed by atoms with E-state index in [1.54, 1.807) is 0 Å². The molecule has 0 saturated heterocycles. The van der Waals surface area contributed by atoms with E-state index >= 15 is 0 Å². The summed E-state index contributed by atoms with van der Waals surface area (Å²) >= 11 is 0. The van der Waals surface area contributed by atoms with E-state index in [0.29, 0.717) is 10.3 Å². The Balaban J connectivity index is 2.14. The standard InChI is InChI=1S/C22H18F3N3O7/c1-12-13(4-3-5-16(12)22(23,24)25)10-28-18(29)17(35-21(32)33)11-27(20(28)31)15-8-6-14(7-9-15)26-19(30)34-2/h3-9,11H,10H2,1-2H3,(H,26,30)(H,32,33). The molecule has 2 aromatic carbocycles. The van der Waals surface area contributed by atoms with Crippen LogP contribution in [0.4, 0.5) is 28.4 Å². The first-order valence-corrected chi connectivity index (χ1v) is 9.80. The lowest BCUT2D eigenvalue weighted by Gasteiger charge is -2.16. The van der Waals surface area contributed by atoms with Crippen molar-refractivity contribution >= 4 is 17.9 Å². The molecule has 0 aliphatic rings. The van der Waals surface area contributed by atoms with Crippen LogP contribution in [0.3, 0.4) is 0 Å². The van der Waals surface area contributed by atoms with E-state index in [-0.39, 0.29) is 16.8 Å². The molecule has 0 radical (unpaired) electrons. The lowest BCUT2D eigenvalue weighted by Crippen LogP contribution is -2.40. The Morgan fingerprint density at radius 2 is 1.74 bits per heavy atom. The van der Waals surface area contributed by atoms with Crippen molar-refractivity contribution in [3.05, 3.63) is 86.2 Å². The van der Waals surface area contributed by atoms with Crippen molar-refractivity contribution < 1.29 is 37.3 Å². The summed E-state index contributed by atoms with van der Waals surface area (Å²) < 4.78 is 50.4. The Morgan fingerprint density at radius 1 is 1.09 bits per heavy atom. The second-order valence-corrected chi connectivity index (χ2v) is 7.16. The molecule has 3 aromatic rings. The number of nitrogens with one attached hydrogen (secondary N) is 1. The van der Waals surface area contributed by atoms with Crippen LogP contribution in [0.2, 0.25) is 0 Å². The van der Waals surface area contributed by atoms with Gasteiger partial charge in [0, 0.05) is 5.69 Å². The second-order valence-electron chi connectivity index (χ2n) is 7.16. The van der Waals surface area contributed by atoms with Crippen LogP contribution in [0.15, 0.2) is 58.3 Å². The molecule has 0 aliphatic carbocycles. The number of rotatable bonds is 5. The van der Waals surface area contributed by atoms with Gasteiger partial charge in [0.25, 0.3) is 5.56 Å². The number of amides is 1. The fourth-order valence-electron chi connectivity index (χ4n) is 3.27. The quantitative estimate of drug-likeness (QED) is 0.520. The number of halogens is 3. The molecule has 0 aliphatic heterocycles. The van der Waals surface area contributed by atoms with E-state index in [4.69, 9.17) is 5.11 Å². The third-order valence-corrected chi connectivity index (χ3v) is 4.99. The summed E-state index contributed by atoms with van der Waals surface area (Å²) in [6.07, 6.45) is -6.36. The zero-order valence-corrected chi connectivity index (χ0v) is 18.3. The summed E-state index contributed by atoms with van der Waals surface area (Å²) in [6, 6.07) is 8.89. The highest BCUT2D eigenvalue weighted by molar-refractivity contribution is 5.84. The van der Waals surface area contributed by atoms with Gasteiger partial charge in [0.05, 0.1) is 31.1 Å². The van der Waals surface area contributed by atoms with Gasteiger partial charge in [-0.25, -0.2) is 14.4 Å². The van der Waals surface area contributed by atoms with Crippen LogP contribution in [-0.2, 0) is 17.5 Å². The second kappa shape index (κ2) is 9.75. The van der Waals surface area contributed by atoms with E-state index in [2.05, 4.69) is 14.8 Å². The summed E-state index contributed by atoms with van der Waals surface area (Å²) in [5.74, 6) is -0.738. The molecule has 0 saturated carbocycles. The third kappa shape index (κ3) is 5.51. The van der Waals surface area contributed by atoms with Gasteiger partial charge in [0.1, 0.15) is 0 Å². The number of hydrogen-bond acceptors (Lipinski definition) is 6. The van der Waals surface area contributed by atoms with Gasteiger partial charge >= 0.3 is 24.1 Å². The number of carboxylic acid groups (broad SMARTS) is 1. The summed E-state index contributed by atoms with van der Waals surface area (Å²) in [6.45, 7) is 0.624. The van der Waals surface area contributed by atoms with Gasteiger partial charge in [-0.15, -0.1) is 0 Å². The van der Waals surface area contributed by atoms with Crippen LogP contribution in [0, 0.1) is 6.92 Å². The average Bonchev–Trinajstić information content (AvgIpc) is 2.79. The maximum absolute atomic E-state index is 13.3. The minimum Gasteiger partial charge on any atom is -0.453 e. The van der Waals surface area contributed by atoms with Crippen LogP contribution in [0.1, 0.15) is 16.7 Å². The summed E-state index contributed by atoms with van der Waals surface area (Å²) in [5.41, 5.74) is -2.75. The van der Waals surface area contributed by atoms with Crippen LogP contribution < -0.4 is 21.3 Å². The molecule has 0 unspecified atom stereocenters. The van der Waals surface area contributed by atoms with Gasteiger partial charge in [0.2, 0.25) is 5.75 Å². The minimum absolute atomic E-state index is 0.0238. The Morgan fingerprint density at radius 3 is 2.31 bits per heavy atom. The molecule has 35 heavy (non-hydrogen) atoms. The van der Waals surface area contributed by atoms with Crippen molar-refractivity contribution in [2.75, 3.05) is 12.4 Å². The van der Waals surface area contributed by atoms with Crippen molar-refractivity contribution in [2.45, 2.75) is 19.6 Å². The number of carbonyl (C=O) groups excluding carboxylic acids is 1. The molecule has 1 aromatic heterocycles. The summed E-state index contributed by atoms with van der Waals surface area (Å²) in [5, 5.41) is 11.4. The van der Waals surface area contributed by atoms with Crippen molar-refractivity contribution in [3.63, 3.8) is 0 Å². The lowest BCUT2D eigenvalue weighted by atomic mass is 10.0. The number of methoxy groups -OCH3 is 1. The molecule has 0 bridgehead atoms. The average molecular weight is 493 g/mol. The number of anilines is 1. The number of carbonyl (C=O) groups is 2. The number of benzene rings is 2. The number of nitrogens with zero attached hydrogens (tertiary/aromatic N) is 2. The predicted molar refractivity (Wildman–Crippen MR) is 116 cm³/mol. The predicted octanol–water partition coefficient (Wildman–Crippen LogP) is 3.61. The van der Waals surface area contributed by atoms with E-state index in [1.165, 1.54) is 44.4 Å². The molecule has 2 N–H and O–H groups in total. The molecular weight excluding hydrogens is 475 g/mol. The molecule has 0 fully saturated rings. The van der Waals surface area contributed by atoms with Crippen molar-refractivity contribution in [1.82, 2.24) is 9.13 Å². The zero-order valence-electron chi connectivity index (χ0n) is 18.3. The van der Waals surface area contributed by atoms with Gasteiger partial charge in [-0.3, -0.25) is 19.2 Å². The van der Waals surface area contributed by atoms with Crippen molar-refractivity contribution in [3.8, 4) is 11.4 Å². The highest BCUT2D eigenvalue weighted by Gasteiger charge is 2.33. The number of ether oxygens (including phenoxy) is 2. The van der Waals surface area contributed by atoms with Gasteiger partial charge in [-0.2, -0.15) is 13.2 Å². The molecule has 0 atom stereocenters. The van der Waals surface area contributed by atoms with Gasteiger partial charge in [0.15, 0.2) is 0 Å². The zero-order chi connectivity index (χ0) is 25.9. The first-order chi connectivity index (χ1) is 16.4. The first-order valence-electron chi connectivity index (χ1n) is 9.80. The van der Waals surface area contributed by atoms with Crippen LogP contribution in [0.25, 0.3) is 5.69 Å². The first kappa shape index (κ1) is 25.1. The van der Waals surface area contributed by atoms with E-state index in [9.17, 15) is 32.3 Å². The fourth-order valence-corrected chi connectivity index (χ4v) is 3.27. The molecule has 13 heteroatoms. The Bertz CT molecular complexity index is 1390. The van der Waals surface area contributed by atoms with E-state index < -0.39 is 47.5 Å². The summed E-state index contributed by atoms with van der Waals surface area (Å²) in [4.78, 5) is 48.3. The molecule has 3 rings (SSSR count). The maximum atomic E-state index is 13.3. The van der Waals surface area contributed by atoms with E-state index in [0.717, 1.165) is 22.9 Å². The molecule has 184 valence electrons. The Hall–Kier alpha value is -4.55. The van der Waals surface area contributed by atoms with Crippen molar-refractivity contribution in [1.29, 1.82) is 0 Å². The highest BCUT2D eigenvalue weighted by Crippen LogP contribution is 2.33. The van der Waals surface area contributed by atoms with Gasteiger partial charge in [-0.05, 0) is 48.4 Å². The Kier molecular flexibility index (Phi) is 6.99. The third-order valence-electron chi connectivity index (χ3n) is 4.99. The normalized spacial score (nSPS) is 11.1. The monoisotopic (exact) mass is 493 g/mol. The smallest absolute Gasteiger partial charge is 0.453 e. The molecular formula is C22H18F3N3O7.